The van der Waals surface area contributed by atoms with Crippen molar-refractivity contribution in [1.82, 2.24) is 4.90 Å². The standard InChI is InChI=1S/C12H19BrN2O2/c1-8(2)10(14)4-5-15(3)12(16)9-6-11(13)17-7-9/h6-8,10H,4-5,14H2,1-3H3. The van der Waals surface area contributed by atoms with Crippen LogP contribution in [-0.2, 0) is 0 Å². The van der Waals surface area contributed by atoms with Crippen LogP contribution in [0.1, 0.15) is 30.6 Å². The molecule has 0 aliphatic rings. The summed E-state index contributed by atoms with van der Waals surface area (Å²) < 4.78 is 5.61. The molecule has 0 aliphatic heterocycles. The maximum Gasteiger partial charge on any atom is 0.256 e. The molecule has 0 aliphatic carbocycles. The third-order valence-corrected chi connectivity index (χ3v) is 3.23. The molecular weight excluding hydrogens is 284 g/mol. The van der Waals surface area contributed by atoms with Gasteiger partial charge >= 0.3 is 0 Å². The second-order valence-corrected chi connectivity index (χ2v) is 5.34. The molecule has 4 nitrogen and oxygen atoms in total. The van der Waals surface area contributed by atoms with Crippen LogP contribution in [0, 0.1) is 5.92 Å². The monoisotopic (exact) mass is 302 g/mol. The van der Waals surface area contributed by atoms with Gasteiger partial charge in [-0.3, -0.25) is 4.79 Å². The summed E-state index contributed by atoms with van der Waals surface area (Å²) in [6.07, 6.45) is 2.25. The smallest absolute Gasteiger partial charge is 0.256 e. The fourth-order valence-corrected chi connectivity index (χ4v) is 1.76. The fourth-order valence-electron chi connectivity index (χ4n) is 1.42. The predicted octanol–water partition coefficient (Wildman–Crippen LogP) is 2.49. The average molecular weight is 303 g/mol. The molecule has 0 aromatic carbocycles. The molecule has 1 aromatic rings. The first-order valence-corrected chi connectivity index (χ1v) is 6.46. The lowest BCUT2D eigenvalue weighted by molar-refractivity contribution is 0.0788. The van der Waals surface area contributed by atoms with Gasteiger partial charge in [0.1, 0.15) is 6.26 Å². The molecule has 1 aromatic heterocycles. The molecule has 2 N–H and O–H groups in total. The van der Waals surface area contributed by atoms with Crippen LogP contribution >= 0.6 is 15.9 Å². The fraction of sp³-hybridized carbons (Fsp3) is 0.583. The van der Waals surface area contributed by atoms with Crippen molar-refractivity contribution in [2.45, 2.75) is 26.3 Å². The third-order valence-electron chi connectivity index (χ3n) is 2.82. The predicted molar refractivity (Wildman–Crippen MR) is 70.8 cm³/mol. The van der Waals surface area contributed by atoms with E-state index >= 15 is 0 Å². The maximum atomic E-state index is 11.9. The summed E-state index contributed by atoms with van der Waals surface area (Å²) in [5.41, 5.74) is 6.50. The van der Waals surface area contributed by atoms with Crippen LogP contribution < -0.4 is 5.73 Å². The summed E-state index contributed by atoms with van der Waals surface area (Å²) in [4.78, 5) is 13.6. The van der Waals surface area contributed by atoms with Crippen LogP contribution in [0.15, 0.2) is 21.4 Å². The molecule has 0 saturated carbocycles. The lowest BCUT2D eigenvalue weighted by Crippen LogP contribution is -2.34. The Hall–Kier alpha value is -0.810. The number of hydrogen-bond acceptors (Lipinski definition) is 3. The van der Waals surface area contributed by atoms with Crippen molar-refractivity contribution in [3.63, 3.8) is 0 Å². The molecular formula is C12H19BrN2O2. The highest BCUT2D eigenvalue weighted by molar-refractivity contribution is 9.10. The number of amides is 1. The molecule has 5 heteroatoms. The number of nitrogens with zero attached hydrogens (tertiary/aromatic N) is 1. The van der Waals surface area contributed by atoms with Gasteiger partial charge in [-0.15, -0.1) is 0 Å². The quantitative estimate of drug-likeness (QED) is 0.909. The highest BCUT2D eigenvalue weighted by atomic mass is 79.9. The summed E-state index contributed by atoms with van der Waals surface area (Å²) in [6.45, 7) is 4.82. The summed E-state index contributed by atoms with van der Waals surface area (Å²) >= 11 is 3.17. The summed E-state index contributed by atoms with van der Waals surface area (Å²) in [5, 5.41) is 0. The van der Waals surface area contributed by atoms with Gasteiger partial charge in [0, 0.05) is 25.7 Å². The highest BCUT2D eigenvalue weighted by Crippen LogP contribution is 2.15. The molecule has 0 bridgehead atoms. The van der Waals surface area contributed by atoms with E-state index in [0.717, 1.165) is 6.42 Å². The van der Waals surface area contributed by atoms with Crippen molar-refractivity contribution in [2.24, 2.45) is 11.7 Å². The molecule has 0 fully saturated rings. The number of carbonyl (C=O) groups is 1. The van der Waals surface area contributed by atoms with Gasteiger partial charge < -0.3 is 15.1 Å². The van der Waals surface area contributed by atoms with Crippen molar-refractivity contribution in [2.75, 3.05) is 13.6 Å². The number of hydrogen-bond donors (Lipinski definition) is 1. The van der Waals surface area contributed by atoms with E-state index < -0.39 is 0 Å². The van der Waals surface area contributed by atoms with E-state index in [1.807, 2.05) is 0 Å². The second-order valence-electron chi connectivity index (χ2n) is 4.56. The van der Waals surface area contributed by atoms with E-state index in [1.54, 1.807) is 18.0 Å². The zero-order valence-corrected chi connectivity index (χ0v) is 12.0. The average Bonchev–Trinajstić information content (AvgIpc) is 2.70. The lowest BCUT2D eigenvalue weighted by atomic mass is 10.0. The third kappa shape index (κ3) is 4.16. The van der Waals surface area contributed by atoms with Crippen molar-refractivity contribution in [1.29, 1.82) is 0 Å². The zero-order chi connectivity index (χ0) is 13.0. The number of furan rings is 1. The molecule has 1 heterocycles. The Bertz CT molecular complexity index is 376. The summed E-state index contributed by atoms with van der Waals surface area (Å²) in [6, 6.07) is 1.79. The van der Waals surface area contributed by atoms with E-state index in [0.29, 0.717) is 22.7 Å². The van der Waals surface area contributed by atoms with Gasteiger partial charge in [-0.1, -0.05) is 13.8 Å². The highest BCUT2D eigenvalue weighted by Gasteiger charge is 2.16. The van der Waals surface area contributed by atoms with Crippen molar-refractivity contribution >= 4 is 21.8 Å². The van der Waals surface area contributed by atoms with E-state index in [9.17, 15) is 4.79 Å². The number of rotatable bonds is 5. The molecule has 1 amide bonds. The Labute approximate surface area is 110 Å². The van der Waals surface area contributed by atoms with Crippen molar-refractivity contribution in [3.05, 3.63) is 22.6 Å². The number of halogens is 1. The van der Waals surface area contributed by atoms with Crippen LogP contribution in [0.2, 0.25) is 0 Å². The zero-order valence-electron chi connectivity index (χ0n) is 10.4. The van der Waals surface area contributed by atoms with Gasteiger partial charge in [0.25, 0.3) is 5.91 Å². The number of carbonyl (C=O) groups excluding carboxylic acids is 1. The second kappa shape index (κ2) is 6.21. The van der Waals surface area contributed by atoms with Crippen LogP contribution in [0.3, 0.4) is 0 Å². The topological polar surface area (TPSA) is 59.5 Å². The molecule has 1 unspecified atom stereocenters. The first-order valence-electron chi connectivity index (χ1n) is 5.67. The van der Waals surface area contributed by atoms with Crippen LogP contribution in [0.5, 0.6) is 0 Å². The Balaban J connectivity index is 2.48. The molecule has 96 valence electrons. The summed E-state index contributed by atoms with van der Waals surface area (Å²) in [7, 11) is 1.77. The van der Waals surface area contributed by atoms with Gasteiger partial charge in [-0.25, -0.2) is 0 Å². The van der Waals surface area contributed by atoms with Gasteiger partial charge in [-0.2, -0.15) is 0 Å². The van der Waals surface area contributed by atoms with E-state index in [2.05, 4.69) is 29.8 Å². The van der Waals surface area contributed by atoms with Gasteiger partial charge in [-0.05, 0) is 28.3 Å². The maximum absolute atomic E-state index is 11.9. The molecule has 0 saturated heterocycles. The normalized spacial score (nSPS) is 12.8. The first-order chi connectivity index (χ1) is 7.91. The van der Waals surface area contributed by atoms with E-state index in [-0.39, 0.29) is 11.9 Å². The molecule has 0 radical (unpaired) electrons. The van der Waals surface area contributed by atoms with Gasteiger partial charge in [0.05, 0.1) is 5.56 Å². The minimum absolute atomic E-state index is 0.0459. The largest absolute Gasteiger partial charge is 0.457 e. The lowest BCUT2D eigenvalue weighted by Gasteiger charge is -2.21. The molecule has 1 atom stereocenters. The molecule has 17 heavy (non-hydrogen) atoms. The van der Waals surface area contributed by atoms with Crippen LogP contribution in [-0.4, -0.2) is 30.4 Å². The van der Waals surface area contributed by atoms with E-state index in [1.165, 1.54) is 6.26 Å². The van der Waals surface area contributed by atoms with Crippen LogP contribution in [0.4, 0.5) is 0 Å². The first kappa shape index (κ1) is 14.3. The minimum Gasteiger partial charge on any atom is -0.457 e. The SMILES string of the molecule is CC(C)C(N)CCN(C)C(=O)c1coc(Br)c1. The Morgan fingerprint density at radius 1 is 1.59 bits per heavy atom. The molecule has 1 rings (SSSR count). The van der Waals surface area contributed by atoms with Crippen molar-refractivity contribution < 1.29 is 9.21 Å². The Kier molecular flexibility index (Phi) is 5.21. The summed E-state index contributed by atoms with van der Waals surface area (Å²) in [5.74, 6) is 0.386. The Morgan fingerprint density at radius 2 is 2.24 bits per heavy atom. The molecule has 0 spiro atoms. The van der Waals surface area contributed by atoms with Crippen molar-refractivity contribution in [3.8, 4) is 0 Å². The Morgan fingerprint density at radius 3 is 2.71 bits per heavy atom. The van der Waals surface area contributed by atoms with Crippen LogP contribution in [0.25, 0.3) is 0 Å². The van der Waals surface area contributed by atoms with E-state index in [4.69, 9.17) is 10.2 Å². The minimum atomic E-state index is -0.0459. The van der Waals surface area contributed by atoms with Gasteiger partial charge in [0.2, 0.25) is 0 Å². The van der Waals surface area contributed by atoms with Gasteiger partial charge in [0.15, 0.2) is 4.67 Å². The number of nitrogens with two attached hydrogens (primary N) is 1.